The van der Waals surface area contributed by atoms with Crippen molar-refractivity contribution in [1.29, 1.82) is 0 Å². The first-order valence-corrected chi connectivity index (χ1v) is 7.18. The van der Waals surface area contributed by atoms with E-state index in [-0.39, 0.29) is 17.9 Å². The Bertz CT molecular complexity index is 655. The smallest absolute Gasteiger partial charge is 0.293 e. The molecule has 0 unspecified atom stereocenters. The third-order valence-electron chi connectivity index (χ3n) is 3.17. The summed E-state index contributed by atoms with van der Waals surface area (Å²) >= 11 is 0.934. The number of fused-ring (bicyclic) bond motifs is 1. The highest BCUT2D eigenvalue weighted by molar-refractivity contribution is 8.18. The molecular weight excluding hydrogens is 294 g/mol. The maximum absolute atomic E-state index is 12.1. The lowest BCUT2D eigenvalue weighted by Gasteiger charge is -2.07. The van der Waals surface area contributed by atoms with Crippen LogP contribution in [0.5, 0.6) is 17.2 Å². The van der Waals surface area contributed by atoms with E-state index in [2.05, 4.69) is 0 Å². The van der Waals surface area contributed by atoms with Gasteiger partial charge in [0.1, 0.15) is 0 Å². The van der Waals surface area contributed by atoms with Crippen LogP contribution in [0.4, 0.5) is 4.79 Å². The Balaban J connectivity index is 1.97. The number of methoxy groups -OCH3 is 1. The quantitative estimate of drug-likeness (QED) is 0.799. The van der Waals surface area contributed by atoms with Gasteiger partial charge in [-0.3, -0.25) is 14.5 Å². The lowest BCUT2D eigenvalue weighted by molar-refractivity contribution is -0.122. The van der Waals surface area contributed by atoms with Crippen LogP contribution in [0.1, 0.15) is 12.5 Å². The third kappa shape index (κ3) is 2.33. The molecular formula is C14H13NO5S. The summed E-state index contributed by atoms with van der Waals surface area (Å²) in [6, 6.07) is 3.50. The minimum atomic E-state index is -0.274. The molecule has 0 bridgehead atoms. The maximum atomic E-state index is 12.1. The molecule has 1 fully saturated rings. The summed E-state index contributed by atoms with van der Waals surface area (Å²) in [5.74, 6) is 1.38. The van der Waals surface area contributed by atoms with Gasteiger partial charge in [-0.15, -0.1) is 0 Å². The van der Waals surface area contributed by atoms with Crippen molar-refractivity contribution in [3.8, 4) is 17.2 Å². The number of thioether (sulfide) groups is 1. The predicted molar refractivity (Wildman–Crippen MR) is 77.5 cm³/mol. The third-order valence-corrected chi connectivity index (χ3v) is 4.08. The van der Waals surface area contributed by atoms with Gasteiger partial charge in [-0.2, -0.15) is 0 Å². The first kappa shape index (κ1) is 13.8. The Morgan fingerprint density at radius 1 is 1.38 bits per heavy atom. The Morgan fingerprint density at radius 3 is 2.86 bits per heavy atom. The van der Waals surface area contributed by atoms with Crippen LogP contribution in [0, 0.1) is 0 Å². The van der Waals surface area contributed by atoms with Crippen LogP contribution in [-0.2, 0) is 4.79 Å². The van der Waals surface area contributed by atoms with Crippen molar-refractivity contribution in [3.63, 3.8) is 0 Å². The lowest BCUT2D eigenvalue weighted by atomic mass is 10.1. The van der Waals surface area contributed by atoms with Crippen LogP contribution in [-0.4, -0.2) is 36.5 Å². The zero-order valence-corrected chi connectivity index (χ0v) is 12.4. The molecule has 1 aromatic rings. The van der Waals surface area contributed by atoms with E-state index in [0.717, 1.165) is 17.3 Å². The number of carbonyl (C=O) groups is 2. The molecule has 7 heteroatoms. The number of benzene rings is 1. The molecule has 110 valence electrons. The predicted octanol–water partition coefficient (Wildman–Crippen LogP) is 2.48. The second kappa shape index (κ2) is 5.33. The zero-order valence-electron chi connectivity index (χ0n) is 11.5. The van der Waals surface area contributed by atoms with E-state index in [1.807, 2.05) is 0 Å². The second-order valence-electron chi connectivity index (χ2n) is 4.38. The molecule has 0 saturated carbocycles. The molecule has 2 amide bonds. The Kier molecular flexibility index (Phi) is 3.50. The Morgan fingerprint density at radius 2 is 2.19 bits per heavy atom. The van der Waals surface area contributed by atoms with Crippen LogP contribution < -0.4 is 14.2 Å². The number of nitrogens with zero attached hydrogens (tertiary/aromatic N) is 1. The maximum Gasteiger partial charge on any atom is 0.293 e. The van der Waals surface area contributed by atoms with Gasteiger partial charge < -0.3 is 14.2 Å². The van der Waals surface area contributed by atoms with Gasteiger partial charge in [0.25, 0.3) is 11.1 Å². The largest absolute Gasteiger partial charge is 0.493 e. The summed E-state index contributed by atoms with van der Waals surface area (Å²) in [5, 5.41) is -0.249. The standard InChI is InChI=1S/C14H13NO5S/c1-3-15-13(16)11(21-14(15)17)6-8-4-9(18-2)12-10(5-8)19-7-20-12/h4-6H,3,7H2,1-2H3. The number of likely N-dealkylation sites (N-methyl/N-ethyl adjacent to an activating group) is 1. The van der Waals surface area contributed by atoms with Gasteiger partial charge in [0.05, 0.1) is 12.0 Å². The van der Waals surface area contributed by atoms with Crippen LogP contribution in [0.15, 0.2) is 17.0 Å². The topological polar surface area (TPSA) is 65.1 Å². The highest BCUT2D eigenvalue weighted by Gasteiger charge is 2.33. The number of hydrogen-bond donors (Lipinski definition) is 0. The monoisotopic (exact) mass is 307 g/mol. The summed E-state index contributed by atoms with van der Waals surface area (Å²) in [5.41, 5.74) is 0.720. The van der Waals surface area contributed by atoms with E-state index in [0.29, 0.717) is 28.7 Å². The average molecular weight is 307 g/mol. The van der Waals surface area contributed by atoms with Crippen LogP contribution in [0.25, 0.3) is 6.08 Å². The number of imide groups is 1. The van der Waals surface area contributed by atoms with Crippen LogP contribution in [0.2, 0.25) is 0 Å². The minimum Gasteiger partial charge on any atom is -0.493 e. The van der Waals surface area contributed by atoms with E-state index in [1.165, 1.54) is 12.0 Å². The van der Waals surface area contributed by atoms with E-state index >= 15 is 0 Å². The number of carbonyl (C=O) groups excluding carboxylic acids is 2. The van der Waals surface area contributed by atoms with Crippen molar-refractivity contribution in [1.82, 2.24) is 4.90 Å². The summed E-state index contributed by atoms with van der Waals surface area (Å²) < 4.78 is 15.9. The lowest BCUT2D eigenvalue weighted by Crippen LogP contribution is -2.27. The zero-order chi connectivity index (χ0) is 15.0. The van der Waals surface area contributed by atoms with E-state index < -0.39 is 0 Å². The minimum absolute atomic E-state index is 0.140. The van der Waals surface area contributed by atoms with Gasteiger partial charge in [0, 0.05) is 6.54 Å². The summed E-state index contributed by atoms with van der Waals surface area (Å²) in [7, 11) is 1.53. The molecule has 3 rings (SSSR count). The number of hydrogen-bond acceptors (Lipinski definition) is 6. The van der Waals surface area contributed by atoms with E-state index in [1.54, 1.807) is 25.1 Å². The van der Waals surface area contributed by atoms with Crippen molar-refractivity contribution in [2.24, 2.45) is 0 Å². The SMILES string of the molecule is CCN1C(=O)SC(=Cc2cc(OC)c3c(c2)OCO3)C1=O. The number of rotatable bonds is 3. The molecule has 0 aliphatic carbocycles. The summed E-state index contributed by atoms with van der Waals surface area (Å²) in [6.07, 6.45) is 1.66. The van der Waals surface area contributed by atoms with Gasteiger partial charge in [0.2, 0.25) is 12.5 Å². The molecule has 2 heterocycles. The van der Waals surface area contributed by atoms with E-state index in [4.69, 9.17) is 14.2 Å². The fraction of sp³-hybridized carbons (Fsp3) is 0.286. The van der Waals surface area contributed by atoms with Crippen LogP contribution >= 0.6 is 11.8 Å². The van der Waals surface area contributed by atoms with Gasteiger partial charge in [-0.1, -0.05) is 0 Å². The Hall–Kier alpha value is -2.15. The molecule has 0 N–H and O–H groups in total. The molecule has 0 atom stereocenters. The highest BCUT2D eigenvalue weighted by atomic mass is 32.2. The van der Waals surface area contributed by atoms with Crippen LogP contribution in [0.3, 0.4) is 0 Å². The second-order valence-corrected chi connectivity index (χ2v) is 5.38. The van der Waals surface area contributed by atoms with Gasteiger partial charge in [-0.05, 0) is 42.5 Å². The molecule has 0 aromatic heterocycles. The molecule has 2 aliphatic rings. The van der Waals surface area contributed by atoms with Gasteiger partial charge in [0.15, 0.2) is 11.5 Å². The molecule has 6 nitrogen and oxygen atoms in total. The number of ether oxygens (including phenoxy) is 3. The summed E-state index contributed by atoms with van der Waals surface area (Å²) in [6.45, 7) is 2.27. The molecule has 2 aliphatic heterocycles. The van der Waals surface area contributed by atoms with Crippen molar-refractivity contribution in [2.75, 3.05) is 20.4 Å². The van der Waals surface area contributed by atoms with Crippen molar-refractivity contribution < 1.29 is 23.8 Å². The van der Waals surface area contributed by atoms with Crippen molar-refractivity contribution in [2.45, 2.75) is 6.92 Å². The highest BCUT2D eigenvalue weighted by Crippen LogP contribution is 2.43. The Labute approximate surface area is 125 Å². The molecule has 0 spiro atoms. The van der Waals surface area contributed by atoms with Crippen molar-refractivity contribution >= 4 is 29.0 Å². The molecule has 21 heavy (non-hydrogen) atoms. The summed E-state index contributed by atoms with van der Waals surface area (Å²) in [4.78, 5) is 25.4. The first-order chi connectivity index (χ1) is 10.1. The molecule has 1 saturated heterocycles. The molecule has 1 aromatic carbocycles. The van der Waals surface area contributed by atoms with Gasteiger partial charge >= 0.3 is 0 Å². The van der Waals surface area contributed by atoms with E-state index in [9.17, 15) is 9.59 Å². The fourth-order valence-corrected chi connectivity index (χ4v) is 3.06. The van der Waals surface area contributed by atoms with Gasteiger partial charge in [-0.25, -0.2) is 0 Å². The normalized spacial score (nSPS) is 18.8. The fourth-order valence-electron chi connectivity index (χ4n) is 2.16. The molecule has 0 radical (unpaired) electrons. The average Bonchev–Trinajstić information content (AvgIpc) is 3.03. The first-order valence-electron chi connectivity index (χ1n) is 6.37. The van der Waals surface area contributed by atoms with Crippen molar-refractivity contribution in [3.05, 3.63) is 22.6 Å². The number of amides is 2.